The summed E-state index contributed by atoms with van der Waals surface area (Å²) in [5.41, 5.74) is 0. The van der Waals surface area contributed by atoms with Crippen molar-refractivity contribution in [1.29, 1.82) is 0 Å². The fraction of sp³-hybridized carbons (Fsp3) is 1.00. The lowest BCUT2D eigenvalue weighted by Gasteiger charge is -2.38. The number of hydrogen-bond acceptors (Lipinski definition) is 2. The molecule has 0 spiro atoms. The average Bonchev–Trinajstić information content (AvgIpc) is 2.29. The molecular formula is C14H27FN2. The SMILES string of the molecule is CC(C)N1CCC(CN2CCC[C@H](F)C2)CC1. The Morgan fingerprint density at radius 1 is 1.12 bits per heavy atom. The first-order chi connectivity index (χ1) is 8.15. The third-order valence-corrected chi connectivity index (χ3v) is 4.34. The van der Waals surface area contributed by atoms with E-state index in [1.54, 1.807) is 0 Å². The number of alkyl halides is 1. The van der Waals surface area contributed by atoms with Crippen LogP contribution in [0.5, 0.6) is 0 Å². The van der Waals surface area contributed by atoms with Gasteiger partial charge in [0.1, 0.15) is 6.17 Å². The van der Waals surface area contributed by atoms with Gasteiger partial charge in [-0.2, -0.15) is 0 Å². The largest absolute Gasteiger partial charge is 0.301 e. The summed E-state index contributed by atoms with van der Waals surface area (Å²) in [7, 11) is 0. The zero-order chi connectivity index (χ0) is 12.3. The Morgan fingerprint density at radius 3 is 2.41 bits per heavy atom. The van der Waals surface area contributed by atoms with Crippen LogP contribution < -0.4 is 0 Å². The molecule has 2 aliphatic rings. The highest BCUT2D eigenvalue weighted by atomic mass is 19.1. The highest BCUT2D eigenvalue weighted by Crippen LogP contribution is 2.22. The zero-order valence-corrected chi connectivity index (χ0v) is 11.4. The van der Waals surface area contributed by atoms with Gasteiger partial charge in [-0.15, -0.1) is 0 Å². The Bertz CT molecular complexity index is 224. The Balaban J connectivity index is 1.70. The summed E-state index contributed by atoms with van der Waals surface area (Å²) in [5, 5.41) is 0. The Hall–Kier alpha value is -0.150. The fourth-order valence-electron chi connectivity index (χ4n) is 3.18. The van der Waals surface area contributed by atoms with Crippen molar-refractivity contribution in [1.82, 2.24) is 9.80 Å². The van der Waals surface area contributed by atoms with Gasteiger partial charge >= 0.3 is 0 Å². The standard InChI is InChI=1S/C14H27FN2/c1-12(2)17-8-5-13(6-9-17)10-16-7-3-4-14(15)11-16/h12-14H,3-11H2,1-2H3/t14-/m0/s1. The van der Waals surface area contributed by atoms with E-state index < -0.39 is 6.17 Å². The molecule has 0 radical (unpaired) electrons. The highest BCUT2D eigenvalue weighted by molar-refractivity contribution is 4.79. The van der Waals surface area contributed by atoms with Crippen molar-refractivity contribution in [2.75, 3.05) is 32.7 Å². The quantitative estimate of drug-likeness (QED) is 0.750. The van der Waals surface area contributed by atoms with Crippen molar-refractivity contribution in [3.63, 3.8) is 0 Å². The van der Waals surface area contributed by atoms with Crippen molar-refractivity contribution >= 4 is 0 Å². The van der Waals surface area contributed by atoms with Crippen molar-refractivity contribution in [3.05, 3.63) is 0 Å². The Morgan fingerprint density at radius 2 is 1.82 bits per heavy atom. The molecule has 2 saturated heterocycles. The van der Waals surface area contributed by atoms with Gasteiger partial charge in [0.25, 0.3) is 0 Å². The van der Waals surface area contributed by atoms with Gasteiger partial charge in [0.15, 0.2) is 0 Å². The molecule has 2 nitrogen and oxygen atoms in total. The van der Waals surface area contributed by atoms with E-state index in [9.17, 15) is 4.39 Å². The first-order valence-corrected chi connectivity index (χ1v) is 7.25. The van der Waals surface area contributed by atoms with E-state index in [4.69, 9.17) is 0 Å². The molecule has 3 heteroatoms. The van der Waals surface area contributed by atoms with Crippen LogP contribution in [-0.2, 0) is 0 Å². The number of hydrogen-bond donors (Lipinski definition) is 0. The number of piperidine rings is 2. The van der Waals surface area contributed by atoms with Gasteiger partial charge in [-0.1, -0.05) is 0 Å². The van der Waals surface area contributed by atoms with Gasteiger partial charge in [0.05, 0.1) is 0 Å². The molecule has 100 valence electrons. The second-order valence-corrected chi connectivity index (χ2v) is 6.07. The summed E-state index contributed by atoms with van der Waals surface area (Å²) in [6, 6.07) is 0.682. The topological polar surface area (TPSA) is 6.48 Å². The van der Waals surface area contributed by atoms with Gasteiger partial charge in [-0.05, 0) is 65.1 Å². The fourth-order valence-corrected chi connectivity index (χ4v) is 3.18. The summed E-state index contributed by atoms with van der Waals surface area (Å²) in [4.78, 5) is 4.91. The predicted octanol–water partition coefficient (Wildman–Crippen LogP) is 2.54. The van der Waals surface area contributed by atoms with E-state index in [-0.39, 0.29) is 0 Å². The lowest BCUT2D eigenvalue weighted by molar-refractivity contribution is 0.0886. The smallest absolute Gasteiger partial charge is 0.113 e. The van der Waals surface area contributed by atoms with Gasteiger partial charge in [-0.25, -0.2) is 4.39 Å². The number of rotatable bonds is 3. The maximum Gasteiger partial charge on any atom is 0.113 e. The van der Waals surface area contributed by atoms with Crippen LogP contribution in [0.15, 0.2) is 0 Å². The van der Waals surface area contributed by atoms with E-state index in [0.29, 0.717) is 12.6 Å². The molecule has 0 aromatic heterocycles. The molecule has 0 unspecified atom stereocenters. The molecule has 1 atom stereocenters. The number of likely N-dealkylation sites (tertiary alicyclic amines) is 2. The van der Waals surface area contributed by atoms with E-state index >= 15 is 0 Å². The third kappa shape index (κ3) is 3.92. The summed E-state index contributed by atoms with van der Waals surface area (Å²) >= 11 is 0. The molecule has 2 aliphatic heterocycles. The number of halogens is 1. The molecule has 0 aliphatic carbocycles. The van der Waals surface area contributed by atoms with Crippen molar-refractivity contribution < 1.29 is 4.39 Å². The minimum absolute atomic E-state index is 0.570. The molecule has 0 bridgehead atoms. The first-order valence-electron chi connectivity index (χ1n) is 7.25. The van der Waals surface area contributed by atoms with E-state index in [2.05, 4.69) is 23.6 Å². The molecule has 0 saturated carbocycles. The predicted molar refractivity (Wildman–Crippen MR) is 70.0 cm³/mol. The molecule has 0 aromatic carbocycles. The summed E-state index contributed by atoms with van der Waals surface area (Å²) < 4.78 is 13.3. The Labute approximate surface area is 105 Å². The van der Waals surface area contributed by atoms with Gasteiger partial charge in [-0.3, -0.25) is 0 Å². The minimum atomic E-state index is -0.570. The molecule has 0 N–H and O–H groups in total. The van der Waals surface area contributed by atoms with Crippen LogP contribution in [0, 0.1) is 5.92 Å². The zero-order valence-electron chi connectivity index (χ0n) is 11.4. The molecule has 2 heterocycles. The molecule has 0 amide bonds. The van der Waals surface area contributed by atoms with Crippen LogP contribution in [0.1, 0.15) is 39.5 Å². The molecule has 0 aromatic rings. The van der Waals surface area contributed by atoms with Crippen LogP contribution >= 0.6 is 0 Å². The van der Waals surface area contributed by atoms with Crippen molar-refractivity contribution in [2.45, 2.75) is 51.7 Å². The first kappa shape index (κ1) is 13.3. The second-order valence-electron chi connectivity index (χ2n) is 6.07. The van der Waals surface area contributed by atoms with Crippen LogP contribution in [-0.4, -0.2) is 54.7 Å². The van der Waals surface area contributed by atoms with E-state index in [1.165, 1.54) is 25.9 Å². The summed E-state index contributed by atoms with van der Waals surface area (Å²) in [6.07, 6.45) is 3.85. The summed E-state index contributed by atoms with van der Waals surface area (Å²) in [6.45, 7) is 9.95. The maximum absolute atomic E-state index is 13.3. The monoisotopic (exact) mass is 242 g/mol. The third-order valence-electron chi connectivity index (χ3n) is 4.34. The Kier molecular flexibility index (Phi) is 4.80. The summed E-state index contributed by atoms with van der Waals surface area (Å²) in [5.74, 6) is 0.801. The lowest BCUT2D eigenvalue weighted by Crippen LogP contribution is -2.44. The average molecular weight is 242 g/mol. The van der Waals surface area contributed by atoms with Crippen molar-refractivity contribution in [3.8, 4) is 0 Å². The van der Waals surface area contributed by atoms with Crippen LogP contribution in [0.3, 0.4) is 0 Å². The van der Waals surface area contributed by atoms with Gasteiger partial charge in [0.2, 0.25) is 0 Å². The molecule has 2 fully saturated rings. The van der Waals surface area contributed by atoms with Gasteiger partial charge in [0, 0.05) is 19.1 Å². The maximum atomic E-state index is 13.3. The van der Waals surface area contributed by atoms with Crippen LogP contribution in [0.4, 0.5) is 4.39 Å². The minimum Gasteiger partial charge on any atom is -0.301 e. The normalized spacial score (nSPS) is 30.0. The molecule has 17 heavy (non-hydrogen) atoms. The second kappa shape index (κ2) is 6.14. The van der Waals surface area contributed by atoms with Gasteiger partial charge < -0.3 is 9.80 Å². The number of nitrogens with zero attached hydrogens (tertiary/aromatic N) is 2. The van der Waals surface area contributed by atoms with Crippen molar-refractivity contribution in [2.24, 2.45) is 5.92 Å². The van der Waals surface area contributed by atoms with E-state index in [1.807, 2.05) is 0 Å². The molecule has 2 rings (SSSR count). The van der Waals surface area contributed by atoms with E-state index in [0.717, 1.165) is 31.8 Å². The molecular weight excluding hydrogens is 215 g/mol. The highest BCUT2D eigenvalue weighted by Gasteiger charge is 2.25. The van der Waals surface area contributed by atoms with Crippen LogP contribution in [0.2, 0.25) is 0 Å². The van der Waals surface area contributed by atoms with Crippen LogP contribution in [0.25, 0.3) is 0 Å². The lowest BCUT2D eigenvalue weighted by atomic mass is 9.94.